The minimum Gasteiger partial charge on any atom is -0.466 e. The second-order valence-corrected chi connectivity index (χ2v) is 8.35. The van der Waals surface area contributed by atoms with Gasteiger partial charge in [-0.15, -0.1) is 11.3 Å². The molecule has 0 saturated heterocycles. The molecule has 4 rings (SSSR count). The Balaban J connectivity index is 0.000000230. The van der Waals surface area contributed by atoms with Gasteiger partial charge in [-0.1, -0.05) is 0 Å². The number of aliphatic imine (C=N–C) groups is 1. The summed E-state index contributed by atoms with van der Waals surface area (Å²) in [6.07, 6.45) is -6.50. The Kier molecular flexibility index (Phi) is 8.66. The molecule has 14 heteroatoms. The number of nitrogens with zero attached hydrogens (tertiary/aromatic N) is 2. The number of alkyl halides is 6. The van der Waals surface area contributed by atoms with Crippen LogP contribution in [0.3, 0.4) is 0 Å². The van der Waals surface area contributed by atoms with E-state index in [1.807, 2.05) is 5.38 Å². The van der Waals surface area contributed by atoms with Gasteiger partial charge in [-0.3, -0.25) is 9.79 Å². The van der Waals surface area contributed by atoms with Crippen LogP contribution in [0.1, 0.15) is 26.5 Å². The number of esters is 1. The second-order valence-electron chi connectivity index (χ2n) is 7.45. The molecule has 3 aromatic rings. The quantitative estimate of drug-likeness (QED) is 0.245. The molecule has 2 heterocycles. The summed E-state index contributed by atoms with van der Waals surface area (Å²) in [4.78, 5) is 30.4. The lowest BCUT2D eigenvalue weighted by atomic mass is 9.96. The molecular weight excluding hydrogens is 543 g/mol. The molecule has 0 aliphatic carbocycles. The van der Waals surface area contributed by atoms with Crippen LogP contribution in [0, 0.1) is 5.82 Å². The Morgan fingerprint density at radius 2 is 1.71 bits per heavy atom. The summed E-state index contributed by atoms with van der Waals surface area (Å²) < 4.78 is 94.7. The molecule has 0 amide bonds. The van der Waals surface area contributed by atoms with E-state index in [2.05, 4.69) is 20.0 Å². The second kappa shape index (κ2) is 11.5. The van der Waals surface area contributed by atoms with Crippen molar-refractivity contribution in [3.63, 3.8) is 0 Å². The summed E-state index contributed by atoms with van der Waals surface area (Å²) in [5.41, 5.74) is -3.69. The molecule has 1 aliphatic heterocycles. The third-order valence-corrected chi connectivity index (χ3v) is 5.69. The molecule has 2 aromatic carbocycles. The van der Waals surface area contributed by atoms with Gasteiger partial charge in [-0.05, 0) is 47.5 Å². The number of hydrogen-bond donors (Lipinski definition) is 1. The number of ether oxygens (including phenoxy) is 1. The predicted molar refractivity (Wildman–Crippen MR) is 124 cm³/mol. The van der Waals surface area contributed by atoms with Crippen LogP contribution in [-0.2, 0) is 21.9 Å². The maximum Gasteiger partial charge on any atom is 0.416 e. The number of aldehydes is 1. The summed E-state index contributed by atoms with van der Waals surface area (Å²) in [5, 5.41) is 5.61. The highest BCUT2D eigenvalue weighted by Crippen LogP contribution is 2.39. The number of amidine groups is 1. The van der Waals surface area contributed by atoms with Gasteiger partial charge in [0.2, 0.25) is 0 Å². The third-order valence-electron chi connectivity index (χ3n) is 4.91. The molecule has 200 valence electrons. The van der Waals surface area contributed by atoms with Gasteiger partial charge in [0, 0.05) is 23.3 Å². The zero-order valence-corrected chi connectivity index (χ0v) is 20.0. The molecule has 0 atom stereocenters. The normalized spacial score (nSPS) is 13.4. The van der Waals surface area contributed by atoms with Gasteiger partial charge in [-0.25, -0.2) is 14.2 Å². The molecule has 1 aliphatic rings. The van der Waals surface area contributed by atoms with Crippen molar-refractivity contribution in [2.45, 2.75) is 12.4 Å². The van der Waals surface area contributed by atoms with Crippen LogP contribution in [0.25, 0.3) is 11.1 Å². The fraction of sp³-hybridized carbons (Fsp3) is 0.167. The number of methoxy groups -OCH3 is 1. The predicted octanol–water partition coefficient (Wildman–Crippen LogP) is 5.89. The van der Waals surface area contributed by atoms with Gasteiger partial charge >= 0.3 is 18.3 Å². The number of nitrogens with one attached hydrogen (secondary N) is 1. The van der Waals surface area contributed by atoms with Crippen LogP contribution in [0.5, 0.6) is 0 Å². The summed E-state index contributed by atoms with van der Waals surface area (Å²) in [6, 6.07) is 3.41. The van der Waals surface area contributed by atoms with E-state index in [1.165, 1.54) is 18.4 Å². The average molecular weight is 559 g/mol. The molecule has 0 unspecified atom stereocenters. The highest BCUT2D eigenvalue weighted by molar-refractivity contribution is 7.11. The SMILES string of the molecule is COC(=O)C1=CNC(c2nccs2)=NC1.O=Cc1ccc(F)cc1-c1cc(C(F)(F)F)cc(C(F)(F)F)c1. The molecule has 0 fully saturated rings. The largest absolute Gasteiger partial charge is 0.466 e. The first-order chi connectivity index (χ1) is 17.8. The van der Waals surface area contributed by atoms with Crippen LogP contribution in [0.4, 0.5) is 30.7 Å². The molecule has 0 saturated carbocycles. The molecule has 0 spiro atoms. The first-order valence-corrected chi connectivity index (χ1v) is 11.2. The van der Waals surface area contributed by atoms with Crippen LogP contribution in [0.2, 0.25) is 0 Å². The Morgan fingerprint density at radius 3 is 2.18 bits per heavy atom. The fourth-order valence-corrected chi connectivity index (χ4v) is 3.73. The Hall–Kier alpha value is -4.07. The lowest BCUT2D eigenvalue weighted by molar-refractivity contribution is -0.143. The fourth-order valence-electron chi connectivity index (χ4n) is 3.13. The van der Waals surface area contributed by atoms with Crippen LogP contribution >= 0.6 is 11.3 Å². The number of carbonyl (C=O) groups excluding carboxylic acids is 2. The highest BCUT2D eigenvalue weighted by atomic mass is 32.1. The van der Waals surface area contributed by atoms with Crippen LogP contribution < -0.4 is 5.32 Å². The van der Waals surface area contributed by atoms with Crippen molar-refractivity contribution in [1.29, 1.82) is 0 Å². The summed E-state index contributed by atoms with van der Waals surface area (Å²) >= 11 is 1.49. The third kappa shape index (κ3) is 7.03. The number of rotatable bonds is 4. The van der Waals surface area contributed by atoms with Crippen molar-refractivity contribution in [2.24, 2.45) is 4.99 Å². The van der Waals surface area contributed by atoms with E-state index < -0.39 is 34.9 Å². The summed E-state index contributed by atoms with van der Waals surface area (Å²) in [7, 11) is 1.35. The van der Waals surface area contributed by atoms with E-state index in [1.54, 1.807) is 12.4 Å². The van der Waals surface area contributed by atoms with Crippen LogP contribution in [0.15, 0.2) is 64.7 Å². The Bertz CT molecular complexity index is 1350. The minimum atomic E-state index is -5.02. The lowest BCUT2D eigenvalue weighted by Crippen LogP contribution is -2.26. The summed E-state index contributed by atoms with van der Waals surface area (Å²) in [5.74, 6) is -0.557. The lowest BCUT2D eigenvalue weighted by Gasteiger charge is -2.15. The van der Waals surface area contributed by atoms with Gasteiger partial charge < -0.3 is 10.1 Å². The Morgan fingerprint density at radius 1 is 1.05 bits per heavy atom. The van der Waals surface area contributed by atoms with Crippen molar-refractivity contribution in [2.75, 3.05) is 13.7 Å². The van der Waals surface area contributed by atoms with Crippen molar-refractivity contribution >= 4 is 29.4 Å². The van der Waals surface area contributed by atoms with Crippen molar-refractivity contribution in [3.8, 4) is 11.1 Å². The zero-order chi connectivity index (χ0) is 28.1. The van der Waals surface area contributed by atoms with E-state index in [-0.39, 0.29) is 29.4 Å². The highest BCUT2D eigenvalue weighted by Gasteiger charge is 2.37. The average Bonchev–Trinajstić information content (AvgIpc) is 3.42. The zero-order valence-electron chi connectivity index (χ0n) is 19.2. The topological polar surface area (TPSA) is 80.7 Å². The number of carbonyl (C=O) groups is 2. The van der Waals surface area contributed by atoms with E-state index >= 15 is 0 Å². The molecule has 6 nitrogen and oxygen atoms in total. The van der Waals surface area contributed by atoms with Gasteiger partial charge in [0.15, 0.2) is 17.1 Å². The van der Waals surface area contributed by atoms with Crippen LogP contribution in [-0.4, -0.2) is 36.7 Å². The number of benzene rings is 2. The van der Waals surface area contributed by atoms with Gasteiger partial charge in [-0.2, -0.15) is 26.3 Å². The first kappa shape index (κ1) is 28.5. The molecule has 0 bridgehead atoms. The number of halogens is 7. The molecule has 1 N–H and O–H groups in total. The Labute approximate surface area is 214 Å². The number of thiazole rings is 1. The standard InChI is InChI=1S/C15H7F7O.C9H9N3O2S/c16-12-2-1-8(7-23)13(6-12)9-3-10(14(17,18)19)5-11(4-9)15(20,21)22;1-14-9(13)6-4-11-7(12-5-6)8-10-2-3-15-8/h1-7H;2-4H,5H2,1H3,(H,11,12). The molecule has 1 aromatic heterocycles. The van der Waals surface area contributed by atoms with E-state index in [0.717, 1.165) is 17.1 Å². The first-order valence-electron chi connectivity index (χ1n) is 10.4. The molecular formula is C24H16F7N3O3S. The van der Waals surface area contributed by atoms with Crippen molar-refractivity contribution < 1.29 is 45.1 Å². The minimum absolute atomic E-state index is 0.0383. The summed E-state index contributed by atoms with van der Waals surface area (Å²) in [6.45, 7) is 0.328. The van der Waals surface area contributed by atoms with Gasteiger partial charge in [0.1, 0.15) is 5.82 Å². The maximum atomic E-state index is 13.3. The van der Waals surface area contributed by atoms with Crippen molar-refractivity contribution in [3.05, 3.63) is 87.3 Å². The van der Waals surface area contributed by atoms with E-state index in [4.69, 9.17) is 0 Å². The van der Waals surface area contributed by atoms with Gasteiger partial charge in [0.05, 0.1) is 30.4 Å². The number of aromatic nitrogens is 1. The van der Waals surface area contributed by atoms with E-state index in [9.17, 15) is 40.3 Å². The molecule has 0 radical (unpaired) electrons. The molecule has 38 heavy (non-hydrogen) atoms. The smallest absolute Gasteiger partial charge is 0.416 e. The van der Waals surface area contributed by atoms with Gasteiger partial charge in [0.25, 0.3) is 0 Å². The van der Waals surface area contributed by atoms with Crippen molar-refractivity contribution in [1.82, 2.24) is 10.3 Å². The van der Waals surface area contributed by atoms with E-state index in [0.29, 0.717) is 36.2 Å². The maximum absolute atomic E-state index is 13.3. The monoisotopic (exact) mass is 559 g/mol. The number of hydrogen-bond acceptors (Lipinski definition) is 7.